The lowest BCUT2D eigenvalue weighted by molar-refractivity contribution is 0.0277. The van der Waals surface area contributed by atoms with E-state index >= 15 is 0 Å². The van der Waals surface area contributed by atoms with Crippen molar-refractivity contribution >= 4 is 28.9 Å². The zero-order valence-electron chi connectivity index (χ0n) is 11.9. The molecule has 3 aromatic rings. The second-order valence-electron chi connectivity index (χ2n) is 4.63. The van der Waals surface area contributed by atoms with Gasteiger partial charge in [0.05, 0.1) is 4.88 Å². The number of rotatable bonds is 4. The molecule has 6 nitrogen and oxygen atoms in total. The summed E-state index contributed by atoms with van der Waals surface area (Å²) in [4.78, 5) is 12.9. The van der Waals surface area contributed by atoms with Crippen molar-refractivity contribution in [2.24, 2.45) is 0 Å². The van der Waals surface area contributed by atoms with E-state index in [1.807, 2.05) is 17.5 Å². The van der Waals surface area contributed by atoms with Crippen LogP contribution in [0.15, 0.2) is 40.1 Å². The summed E-state index contributed by atoms with van der Waals surface area (Å²) in [5.74, 6) is -0.413. The maximum absolute atomic E-state index is 12.1. The van der Waals surface area contributed by atoms with E-state index < -0.39 is 12.1 Å². The molecule has 0 unspecified atom stereocenters. The summed E-state index contributed by atoms with van der Waals surface area (Å²) >= 11 is 7.20. The number of hydrogen-bond donors (Lipinski definition) is 1. The Balaban J connectivity index is 1.74. The summed E-state index contributed by atoms with van der Waals surface area (Å²) in [6.45, 7) is 1.61. The molecule has 0 aliphatic rings. The fourth-order valence-corrected chi connectivity index (χ4v) is 2.66. The topological polar surface area (TPSA) is 85.5 Å². The minimum absolute atomic E-state index is 0.0132. The molecule has 0 aliphatic carbocycles. The number of phenolic OH excluding ortho intramolecular Hbond substituents is 1. The summed E-state index contributed by atoms with van der Waals surface area (Å²) in [5, 5.41) is 19.8. The number of carbonyl (C=O) groups is 1. The molecule has 0 saturated heterocycles. The standard InChI is InChI=1S/C15H11ClN2O4S/c1-8(13-17-18-14(22-13)12-3-2-6-23-12)21-15(20)10-5-4-9(16)7-11(10)19/h2-8,19H,1H3/t8-/m1/s1. The van der Waals surface area contributed by atoms with Gasteiger partial charge >= 0.3 is 5.97 Å². The molecule has 0 aliphatic heterocycles. The first kappa shape index (κ1) is 15.5. The van der Waals surface area contributed by atoms with Crippen LogP contribution in [-0.4, -0.2) is 21.3 Å². The number of phenols is 1. The zero-order chi connectivity index (χ0) is 16.4. The number of halogens is 1. The number of ether oxygens (including phenoxy) is 1. The number of benzene rings is 1. The number of hydrogen-bond acceptors (Lipinski definition) is 7. The van der Waals surface area contributed by atoms with Crippen molar-refractivity contribution in [3.63, 3.8) is 0 Å². The predicted octanol–water partition coefficient (Wildman–Crippen LogP) is 4.08. The van der Waals surface area contributed by atoms with E-state index in [4.69, 9.17) is 20.8 Å². The lowest BCUT2D eigenvalue weighted by atomic mass is 10.2. The molecular formula is C15H11ClN2O4S. The summed E-state index contributed by atoms with van der Waals surface area (Å²) in [5.41, 5.74) is 0.0132. The Morgan fingerprint density at radius 1 is 1.39 bits per heavy atom. The third-order valence-corrected chi connectivity index (χ3v) is 4.08. The van der Waals surface area contributed by atoms with Gasteiger partial charge in [0, 0.05) is 5.02 Å². The second kappa shape index (κ2) is 6.39. The van der Waals surface area contributed by atoms with Gasteiger partial charge in [-0.3, -0.25) is 0 Å². The van der Waals surface area contributed by atoms with Crippen molar-refractivity contribution < 1.29 is 19.1 Å². The normalized spacial score (nSPS) is 12.1. The Hall–Kier alpha value is -2.38. The van der Waals surface area contributed by atoms with E-state index in [-0.39, 0.29) is 17.2 Å². The van der Waals surface area contributed by atoms with Crippen LogP contribution in [0.2, 0.25) is 5.02 Å². The van der Waals surface area contributed by atoms with Crippen molar-refractivity contribution in [1.29, 1.82) is 0 Å². The molecule has 1 aromatic carbocycles. The Bertz CT molecular complexity index is 832. The summed E-state index contributed by atoms with van der Waals surface area (Å²) in [6, 6.07) is 7.87. The van der Waals surface area contributed by atoms with Crippen molar-refractivity contribution in [1.82, 2.24) is 10.2 Å². The van der Waals surface area contributed by atoms with Gasteiger partial charge in [-0.25, -0.2) is 4.79 Å². The summed E-state index contributed by atoms with van der Waals surface area (Å²) in [7, 11) is 0. The molecule has 3 rings (SSSR count). The smallest absolute Gasteiger partial charge is 0.342 e. The van der Waals surface area contributed by atoms with Crippen LogP contribution in [0.1, 0.15) is 29.3 Å². The highest BCUT2D eigenvalue weighted by Crippen LogP contribution is 2.28. The Morgan fingerprint density at radius 2 is 2.22 bits per heavy atom. The van der Waals surface area contributed by atoms with Crippen LogP contribution in [0.5, 0.6) is 5.75 Å². The number of carbonyl (C=O) groups excluding carboxylic acids is 1. The zero-order valence-corrected chi connectivity index (χ0v) is 13.5. The molecule has 0 fully saturated rings. The van der Waals surface area contributed by atoms with Gasteiger partial charge in [0.15, 0.2) is 6.10 Å². The van der Waals surface area contributed by atoms with Crippen molar-refractivity contribution in [3.8, 4) is 16.5 Å². The molecule has 23 heavy (non-hydrogen) atoms. The minimum Gasteiger partial charge on any atom is -0.507 e. The van der Waals surface area contributed by atoms with Gasteiger partial charge in [-0.2, -0.15) is 0 Å². The van der Waals surface area contributed by atoms with Crippen LogP contribution in [0.4, 0.5) is 0 Å². The third kappa shape index (κ3) is 3.35. The highest BCUT2D eigenvalue weighted by molar-refractivity contribution is 7.13. The molecule has 8 heteroatoms. The predicted molar refractivity (Wildman–Crippen MR) is 84.6 cm³/mol. The van der Waals surface area contributed by atoms with Crippen molar-refractivity contribution in [3.05, 3.63) is 52.2 Å². The minimum atomic E-state index is -0.751. The highest BCUT2D eigenvalue weighted by atomic mass is 35.5. The van der Waals surface area contributed by atoms with Gasteiger partial charge in [0.25, 0.3) is 11.8 Å². The monoisotopic (exact) mass is 350 g/mol. The molecule has 0 saturated carbocycles. The molecule has 0 spiro atoms. The van der Waals surface area contributed by atoms with E-state index in [9.17, 15) is 9.90 Å². The van der Waals surface area contributed by atoms with Crippen molar-refractivity contribution in [2.75, 3.05) is 0 Å². The van der Waals surface area contributed by atoms with E-state index in [1.54, 1.807) is 6.92 Å². The molecule has 0 radical (unpaired) electrons. The first-order valence-electron chi connectivity index (χ1n) is 6.61. The van der Waals surface area contributed by atoms with Crippen LogP contribution in [0, 0.1) is 0 Å². The molecular weight excluding hydrogens is 340 g/mol. The van der Waals surface area contributed by atoms with Crippen LogP contribution in [-0.2, 0) is 4.74 Å². The summed E-state index contributed by atoms with van der Waals surface area (Å²) < 4.78 is 10.7. The Kier molecular flexibility index (Phi) is 4.31. The number of esters is 1. The van der Waals surface area contributed by atoms with Crippen LogP contribution in [0.3, 0.4) is 0 Å². The first-order valence-corrected chi connectivity index (χ1v) is 7.87. The van der Waals surface area contributed by atoms with E-state index in [1.165, 1.54) is 29.5 Å². The first-order chi connectivity index (χ1) is 11.0. The second-order valence-corrected chi connectivity index (χ2v) is 6.02. The largest absolute Gasteiger partial charge is 0.507 e. The molecule has 0 bridgehead atoms. The number of thiophene rings is 1. The van der Waals surface area contributed by atoms with E-state index in [0.29, 0.717) is 10.9 Å². The maximum atomic E-state index is 12.1. The van der Waals surface area contributed by atoms with Gasteiger partial charge in [0.1, 0.15) is 11.3 Å². The summed E-state index contributed by atoms with van der Waals surface area (Å²) in [6.07, 6.45) is -0.751. The third-order valence-electron chi connectivity index (χ3n) is 2.98. The van der Waals surface area contributed by atoms with Gasteiger partial charge in [-0.1, -0.05) is 17.7 Å². The fraction of sp³-hybridized carbons (Fsp3) is 0.133. The maximum Gasteiger partial charge on any atom is 0.342 e. The average molecular weight is 351 g/mol. The number of nitrogens with zero attached hydrogens (tertiary/aromatic N) is 2. The highest BCUT2D eigenvalue weighted by Gasteiger charge is 2.22. The average Bonchev–Trinajstić information content (AvgIpc) is 3.18. The van der Waals surface area contributed by atoms with Crippen LogP contribution >= 0.6 is 22.9 Å². The molecule has 0 amide bonds. The Labute approximate surface area is 140 Å². The molecule has 2 heterocycles. The number of aromatic hydroxyl groups is 1. The quantitative estimate of drug-likeness (QED) is 0.714. The van der Waals surface area contributed by atoms with Crippen molar-refractivity contribution in [2.45, 2.75) is 13.0 Å². The van der Waals surface area contributed by atoms with Gasteiger partial charge in [0.2, 0.25) is 0 Å². The lowest BCUT2D eigenvalue weighted by Gasteiger charge is -2.10. The molecule has 2 aromatic heterocycles. The van der Waals surface area contributed by atoms with Gasteiger partial charge in [-0.05, 0) is 36.6 Å². The van der Waals surface area contributed by atoms with E-state index in [0.717, 1.165) is 4.88 Å². The van der Waals surface area contributed by atoms with Gasteiger partial charge < -0.3 is 14.3 Å². The fourth-order valence-electron chi connectivity index (χ4n) is 1.85. The van der Waals surface area contributed by atoms with E-state index in [2.05, 4.69) is 10.2 Å². The van der Waals surface area contributed by atoms with Crippen LogP contribution in [0.25, 0.3) is 10.8 Å². The molecule has 118 valence electrons. The SMILES string of the molecule is C[C@@H](OC(=O)c1ccc(Cl)cc1O)c1nnc(-c2cccs2)o1. The number of aromatic nitrogens is 2. The van der Waals surface area contributed by atoms with Crippen LogP contribution < -0.4 is 0 Å². The Morgan fingerprint density at radius 3 is 2.91 bits per heavy atom. The van der Waals surface area contributed by atoms with Gasteiger partial charge in [-0.15, -0.1) is 21.5 Å². The molecule has 1 N–H and O–H groups in total. The lowest BCUT2D eigenvalue weighted by Crippen LogP contribution is -2.09. The molecule has 1 atom stereocenters.